The molecule has 4 rings (SSSR count). The molecule has 158 valence electrons. The van der Waals surface area contributed by atoms with Gasteiger partial charge in [-0.25, -0.2) is 9.07 Å². The molecule has 10 heteroatoms. The SMILES string of the molecule is COCCn1nnnc1[C@H](c1ccc(F)cc1)[NH+]1CCN(C(=O)c2ccco2)CC1. The summed E-state index contributed by atoms with van der Waals surface area (Å²) in [4.78, 5) is 15.6. The summed E-state index contributed by atoms with van der Waals surface area (Å²) in [6.07, 6.45) is 1.50. The number of carbonyl (C=O) groups excluding carboxylic acids is 1. The molecule has 1 fully saturated rings. The first kappa shape index (κ1) is 20.2. The fourth-order valence-electron chi connectivity index (χ4n) is 3.82. The van der Waals surface area contributed by atoms with Crippen LogP contribution in [0.3, 0.4) is 0 Å². The highest BCUT2D eigenvalue weighted by atomic mass is 19.1. The molecule has 1 amide bonds. The summed E-state index contributed by atoms with van der Waals surface area (Å²) in [6, 6.07) is 9.62. The van der Waals surface area contributed by atoms with Crippen LogP contribution in [0, 0.1) is 5.82 Å². The van der Waals surface area contributed by atoms with Crippen molar-refractivity contribution in [3.05, 3.63) is 65.6 Å². The van der Waals surface area contributed by atoms with Crippen LogP contribution >= 0.6 is 0 Å². The van der Waals surface area contributed by atoms with Crippen LogP contribution in [0.2, 0.25) is 0 Å². The first-order valence-corrected chi connectivity index (χ1v) is 9.85. The third-order valence-electron chi connectivity index (χ3n) is 5.36. The predicted octanol–water partition coefficient (Wildman–Crippen LogP) is 0.182. The van der Waals surface area contributed by atoms with Crippen LogP contribution in [-0.2, 0) is 11.3 Å². The van der Waals surface area contributed by atoms with Gasteiger partial charge in [0.1, 0.15) is 5.82 Å². The van der Waals surface area contributed by atoms with Gasteiger partial charge in [-0.2, -0.15) is 0 Å². The maximum absolute atomic E-state index is 13.5. The molecule has 30 heavy (non-hydrogen) atoms. The second-order valence-electron chi connectivity index (χ2n) is 7.17. The quantitative estimate of drug-likeness (QED) is 0.592. The number of aromatic nitrogens is 4. The number of ether oxygens (including phenoxy) is 1. The molecular formula is C20H24FN6O3+. The number of amides is 1. The van der Waals surface area contributed by atoms with Gasteiger partial charge in [-0.15, -0.1) is 5.10 Å². The van der Waals surface area contributed by atoms with Crippen LogP contribution in [0.5, 0.6) is 0 Å². The standard InChI is InChI=1S/C20H23FN6O3/c1-29-14-12-27-19(22-23-24-27)18(15-4-6-16(21)7-5-15)25-8-10-26(11-9-25)20(28)17-3-2-13-30-17/h2-7,13,18H,8-12,14H2,1H3/p+1/t18-/m0/s1. The van der Waals surface area contributed by atoms with Crippen LogP contribution in [0.4, 0.5) is 4.39 Å². The van der Waals surface area contributed by atoms with E-state index in [0.717, 1.165) is 5.56 Å². The van der Waals surface area contributed by atoms with Crippen molar-refractivity contribution in [2.75, 3.05) is 39.9 Å². The number of furan rings is 1. The van der Waals surface area contributed by atoms with Gasteiger partial charge < -0.3 is 19.0 Å². The smallest absolute Gasteiger partial charge is 0.289 e. The lowest BCUT2D eigenvalue weighted by atomic mass is 10.0. The number of benzene rings is 1. The zero-order valence-corrected chi connectivity index (χ0v) is 16.7. The Bertz CT molecular complexity index is 951. The van der Waals surface area contributed by atoms with Crippen molar-refractivity contribution in [3.8, 4) is 0 Å². The highest BCUT2D eigenvalue weighted by Gasteiger charge is 2.35. The molecule has 3 heterocycles. The Morgan fingerprint density at radius 3 is 2.70 bits per heavy atom. The van der Waals surface area contributed by atoms with Gasteiger partial charge in [-0.1, -0.05) is 0 Å². The van der Waals surface area contributed by atoms with Gasteiger partial charge in [-0.05, 0) is 46.8 Å². The summed E-state index contributed by atoms with van der Waals surface area (Å²) in [5.74, 6) is 0.638. The number of carbonyl (C=O) groups is 1. The van der Waals surface area contributed by atoms with Gasteiger partial charge in [-0.3, -0.25) is 4.79 Å². The molecule has 1 atom stereocenters. The Morgan fingerprint density at radius 1 is 1.27 bits per heavy atom. The van der Waals surface area contributed by atoms with Crippen molar-refractivity contribution in [1.82, 2.24) is 25.1 Å². The maximum atomic E-state index is 13.5. The topological polar surface area (TPSA) is 90.7 Å². The summed E-state index contributed by atoms with van der Waals surface area (Å²) in [7, 11) is 1.63. The Morgan fingerprint density at radius 2 is 2.03 bits per heavy atom. The normalized spacial score (nSPS) is 16.0. The van der Waals surface area contributed by atoms with Crippen molar-refractivity contribution in [2.24, 2.45) is 0 Å². The zero-order chi connectivity index (χ0) is 20.9. The number of nitrogens with zero attached hydrogens (tertiary/aromatic N) is 5. The minimum Gasteiger partial charge on any atom is -0.459 e. The Balaban J connectivity index is 1.56. The van der Waals surface area contributed by atoms with E-state index in [0.29, 0.717) is 50.9 Å². The number of nitrogens with one attached hydrogen (secondary N) is 1. The number of rotatable bonds is 7. The number of tetrazole rings is 1. The van der Waals surface area contributed by atoms with E-state index in [2.05, 4.69) is 15.5 Å². The molecule has 3 aromatic rings. The number of hydrogen-bond donors (Lipinski definition) is 1. The summed E-state index contributed by atoms with van der Waals surface area (Å²) >= 11 is 0. The minimum atomic E-state index is -0.291. The van der Waals surface area contributed by atoms with E-state index in [1.54, 1.807) is 41.0 Å². The average molecular weight is 415 g/mol. The first-order chi connectivity index (χ1) is 14.7. The molecule has 0 bridgehead atoms. The first-order valence-electron chi connectivity index (χ1n) is 9.85. The zero-order valence-electron chi connectivity index (χ0n) is 16.7. The van der Waals surface area contributed by atoms with Crippen LogP contribution in [0.25, 0.3) is 0 Å². The van der Waals surface area contributed by atoms with E-state index in [9.17, 15) is 9.18 Å². The summed E-state index contributed by atoms with van der Waals surface area (Å²) in [5, 5.41) is 12.2. The van der Waals surface area contributed by atoms with Gasteiger partial charge in [0.15, 0.2) is 11.8 Å². The number of halogens is 1. The summed E-state index contributed by atoms with van der Waals surface area (Å²) in [5.41, 5.74) is 0.922. The van der Waals surface area contributed by atoms with Gasteiger partial charge in [0.05, 0.1) is 45.6 Å². The lowest BCUT2D eigenvalue weighted by Crippen LogP contribution is -3.15. The largest absolute Gasteiger partial charge is 0.459 e. The van der Waals surface area contributed by atoms with Crippen LogP contribution < -0.4 is 4.90 Å². The molecule has 1 saturated heterocycles. The van der Waals surface area contributed by atoms with Crippen LogP contribution in [-0.4, -0.2) is 70.9 Å². The fraction of sp³-hybridized carbons (Fsp3) is 0.400. The second kappa shape index (κ2) is 9.14. The van der Waals surface area contributed by atoms with Crippen molar-refractivity contribution < 1.29 is 23.2 Å². The molecule has 0 radical (unpaired) electrons. The highest BCUT2D eigenvalue weighted by Crippen LogP contribution is 2.18. The summed E-state index contributed by atoms with van der Waals surface area (Å²) < 4.78 is 25.7. The number of quaternary nitrogens is 1. The predicted molar refractivity (Wildman–Crippen MR) is 103 cm³/mol. The number of hydrogen-bond acceptors (Lipinski definition) is 6. The van der Waals surface area contributed by atoms with E-state index in [1.807, 2.05) is 0 Å². The van der Waals surface area contributed by atoms with Crippen LogP contribution in [0.15, 0.2) is 47.1 Å². The fourth-order valence-corrected chi connectivity index (χ4v) is 3.82. The third kappa shape index (κ3) is 4.24. The monoisotopic (exact) mass is 415 g/mol. The third-order valence-corrected chi connectivity index (χ3v) is 5.36. The average Bonchev–Trinajstić information content (AvgIpc) is 3.46. The molecule has 1 aromatic carbocycles. The molecule has 9 nitrogen and oxygen atoms in total. The Labute approximate surface area is 173 Å². The number of methoxy groups -OCH3 is 1. The lowest BCUT2D eigenvalue weighted by Gasteiger charge is -2.35. The van der Waals surface area contributed by atoms with Crippen molar-refractivity contribution in [1.29, 1.82) is 0 Å². The van der Waals surface area contributed by atoms with E-state index in [4.69, 9.17) is 9.15 Å². The van der Waals surface area contributed by atoms with Crippen molar-refractivity contribution in [2.45, 2.75) is 12.6 Å². The van der Waals surface area contributed by atoms with Gasteiger partial charge >= 0.3 is 0 Å². The van der Waals surface area contributed by atoms with Crippen molar-refractivity contribution >= 4 is 5.91 Å². The van der Waals surface area contributed by atoms with Gasteiger partial charge in [0.25, 0.3) is 5.91 Å². The molecular weight excluding hydrogens is 391 g/mol. The number of piperazine rings is 1. The van der Waals surface area contributed by atoms with Gasteiger partial charge in [0, 0.05) is 12.7 Å². The van der Waals surface area contributed by atoms with E-state index in [1.165, 1.54) is 23.3 Å². The van der Waals surface area contributed by atoms with Crippen molar-refractivity contribution in [3.63, 3.8) is 0 Å². The molecule has 1 aliphatic rings. The Hall–Kier alpha value is -3.11. The second-order valence-corrected chi connectivity index (χ2v) is 7.17. The highest BCUT2D eigenvalue weighted by molar-refractivity contribution is 5.91. The van der Waals surface area contributed by atoms with E-state index >= 15 is 0 Å². The molecule has 0 unspecified atom stereocenters. The van der Waals surface area contributed by atoms with E-state index in [-0.39, 0.29) is 17.8 Å². The minimum absolute atomic E-state index is 0.109. The Kier molecular flexibility index (Phi) is 6.15. The molecule has 0 aliphatic carbocycles. The van der Waals surface area contributed by atoms with Gasteiger partial charge in [0.2, 0.25) is 5.82 Å². The van der Waals surface area contributed by atoms with E-state index < -0.39 is 0 Å². The lowest BCUT2D eigenvalue weighted by molar-refractivity contribution is -0.930. The molecule has 2 aromatic heterocycles. The van der Waals surface area contributed by atoms with Crippen LogP contribution in [0.1, 0.15) is 28.0 Å². The molecule has 0 spiro atoms. The summed E-state index contributed by atoms with van der Waals surface area (Å²) in [6.45, 7) is 3.55. The molecule has 1 N–H and O–H groups in total. The molecule has 0 saturated carbocycles. The molecule has 1 aliphatic heterocycles. The maximum Gasteiger partial charge on any atom is 0.289 e.